The normalized spacial score (nSPS) is 14.1. The van der Waals surface area contributed by atoms with Gasteiger partial charge in [0.1, 0.15) is 5.56 Å². The molecule has 11 heteroatoms. The SMILES string of the molecule is Cc1nc2c(C(N)=O)cnn2c(C)c1CCC(=O)Nc1ccc2c(c1)OC(F)(F)O2. The Bertz CT molecular complexity index is 1190. The van der Waals surface area contributed by atoms with Crippen molar-refractivity contribution in [3.8, 4) is 11.5 Å². The molecule has 0 saturated carbocycles. The van der Waals surface area contributed by atoms with Gasteiger partial charge in [0.25, 0.3) is 5.91 Å². The molecule has 3 aromatic rings. The number of hydrogen-bond donors (Lipinski definition) is 2. The molecule has 2 amide bonds. The van der Waals surface area contributed by atoms with Crippen molar-refractivity contribution in [3.63, 3.8) is 0 Å². The second-order valence-electron chi connectivity index (χ2n) is 6.80. The number of carbonyl (C=O) groups excluding carboxylic acids is 2. The smallest absolute Gasteiger partial charge is 0.395 e. The molecule has 0 unspecified atom stereocenters. The first-order chi connectivity index (χ1) is 14.1. The van der Waals surface area contributed by atoms with Gasteiger partial charge in [0, 0.05) is 29.6 Å². The molecule has 0 aliphatic carbocycles. The van der Waals surface area contributed by atoms with Gasteiger partial charge >= 0.3 is 6.29 Å². The fourth-order valence-electron chi connectivity index (χ4n) is 3.34. The Morgan fingerprint density at radius 1 is 1.23 bits per heavy atom. The van der Waals surface area contributed by atoms with Crippen molar-refractivity contribution < 1.29 is 27.8 Å². The van der Waals surface area contributed by atoms with Gasteiger partial charge < -0.3 is 20.5 Å². The second kappa shape index (κ2) is 6.94. The number of nitrogens with two attached hydrogens (primary N) is 1. The molecule has 0 fully saturated rings. The number of benzene rings is 1. The maximum atomic E-state index is 13.1. The third kappa shape index (κ3) is 3.49. The maximum Gasteiger partial charge on any atom is 0.586 e. The highest BCUT2D eigenvalue weighted by Crippen LogP contribution is 2.42. The van der Waals surface area contributed by atoms with Crippen molar-refractivity contribution in [3.05, 3.63) is 46.9 Å². The van der Waals surface area contributed by atoms with Crippen LogP contribution >= 0.6 is 0 Å². The van der Waals surface area contributed by atoms with E-state index >= 15 is 0 Å². The molecule has 1 aliphatic heterocycles. The number of alkyl halides is 2. The lowest BCUT2D eigenvalue weighted by atomic mass is 10.1. The summed E-state index contributed by atoms with van der Waals surface area (Å²) in [6.07, 6.45) is -1.88. The number of hydrogen-bond acceptors (Lipinski definition) is 6. The number of rotatable bonds is 5. The molecule has 0 bridgehead atoms. The molecule has 1 aliphatic rings. The zero-order valence-electron chi connectivity index (χ0n) is 16.0. The topological polar surface area (TPSA) is 121 Å². The number of halogens is 2. The second-order valence-corrected chi connectivity index (χ2v) is 6.80. The zero-order chi connectivity index (χ0) is 21.6. The fourth-order valence-corrected chi connectivity index (χ4v) is 3.34. The molecule has 0 saturated heterocycles. The quantitative estimate of drug-likeness (QED) is 0.657. The number of primary amides is 1. The molecule has 0 radical (unpaired) electrons. The predicted molar refractivity (Wildman–Crippen MR) is 101 cm³/mol. The van der Waals surface area contributed by atoms with E-state index in [2.05, 4.69) is 24.9 Å². The summed E-state index contributed by atoms with van der Waals surface area (Å²) >= 11 is 0. The van der Waals surface area contributed by atoms with E-state index in [1.807, 2.05) is 6.92 Å². The Kier molecular flexibility index (Phi) is 4.52. The molecule has 9 nitrogen and oxygen atoms in total. The van der Waals surface area contributed by atoms with E-state index in [1.54, 1.807) is 6.92 Å². The molecule has 3 N–H and O–H groups in total. The number of nitrogens with one attached hydrogen (secondary N) is 1. The molecule has 2 aromatic heterocycles. The summed E-state index contributed by atoms with van der Waals surface area (Å²) in [5.41, 5.74) is 8.43. The molecule has 30 heavy (non-hydrogen) atoms. The molecule has 0 atom stereocenters. The lowest BCUT2D eigenvalue weighted by molar-refractivity contribution is -0.286. The van der Waals surface area contributed by atoms with Crippen molar-refractivity contribution in [2.75, 3.05) is 5.32 Å². The first kappa shape index (κ1) is 19.6. The average molecular weight is 417 g/mol. The van der Waals surface area contributed by atoms with Gasteiger partial charge in [-0.05, 0) is 38.0 Å². The minimum absolute atomic E-state index is 0.0989. The van der Waals surface area contributed by atoms with Gasteiger partial charge in [-0.3, -0.25) is 9.59 Å². The minimum atomic E-state index is -3.72. The average Bonchev–Trinajstić information content (AvgIpc) is 3.20. The van der Waals surface area contributed by atoms with Crippen LogP contribution in [0.5, 0.6) is 11.5 Å². The summed E-state index contributed by atoms with van der Waals surface area (Å²) in [5, 5.41) is 6.79. The van der Waals surface area contributed by atoms with Crippen LogP contribution in [0.4, 0.5) is 14.5 Å². The van der Waals surface area contributed by atoms with Gasteiger partial charge in [-0.2, -0.15) is 5.10 Å². The van der Waals surface area contributed by atoms with Crippen LogP contribution in [-0.2, 0) is 11.2 Å². The molecule has 3 heterocycles. The van der Waals surface area contributed by atoms with Crippen LogP contribution in [0, 0.1) is 13.8 Å². The maximum absolute atomic E-state index is 13.1. The van der Waals surface area contributed by atoms with E-state index in [-0.39, 0.29) is 29.4 Å². The van der Waals surface area contributed by atoms with Crippen LogP contribution in [-0.4, -0.2) is 32.7 Å². The van der Waals surface area contributed by atoms with E-state index in [0.717, 1.165) is 11.3 Å². The van der Waals surface area contributed by atoms with Crippen LogP contribution in [0.15, 0.2) is 24.4 Å². The molecular formula is C19H17F2N5O4. The first-order valence-corrected chi connectivity index (χ1v) is 8.98. The molecular weight excluding hydrogens is 400 g/mol. The Balaban J connectivity index is 1.47. The van der Waals surface area contributed by atoms with Crippen LogP contribution < -0.4 is 20.5 Å². The third-order valence-electron chi connectivity index (χ3n) is 4.76. The largest absolute Gasteiger partial charge is 0.586 e. The van der Waals surface area contributed by atoms with Crippen molar-refractivity contribution in [1.82, 2.24) is 14.6 Å². The van der Waals surface area contributed by atoms with Crippen LogP contribution in [0.2, 0.25) is 0 Å². The molecule has 4 rings (SSSR count). The Morgan fingerprint density at radius 2 is 1.97 bits per heavy atom. The van der Waals surface area contributed by atoms with Gasteiger partial charge in [0.05, 0.1) is 6.20 Å². The summed E-state index contributed by atoms with van der Waals surface area (Å²) in [6, 6.07) is 4.01. The number of fused-ring (bicyclic) bond motifs is 2. The van der Waals surface area contributed by atoms with Gasteiger partial charge in [-0.15, -0.1) is 8.78 Å². The summed E-state index contributed by atoms with van der Waals surface area (Å²) in [7, 11) is 0. The molecule has 1 aromatic carbocycles. The number of amides is 2. The summed E-state index contributed by atoms with van der Waals surface area (Å²) in [5.74, 6) is -1.19. The number of nitrogens with zero attached hydrogens (tertiary/aromatic N) is 3. The van der Waals surface area contributed by atoms with E-state index in [0.29, 0.717) is 23.4 Å². The van der Waals surface area contributed by atoms with E-state index in [9.17, 15) is 18.4 Å². The Hall–Kier alpha value is -3.76. The van der Waals surface area contributed by atoms with Crippen molar-refractivity contribution in [1.29, 1.82) is 0 Å². The van der Waals surface area contributed by atoms with E-state index in [4.69, 9.17) is 5.73 Å². The van der Waals surface area contributed by atoms with Gasteiger partial charge in [0.15, 0.2) is 17.1 Å². The summed E-state index contributed by atoms with van der Waals surface area (Å²) in [6.45, 7) is 3.58. The van der Waals surface area contributed by atoms with Crippen LogP contribution in [0.25, 0.3) is 5.65 Å². The summed E-state index contributed by atoms with van der Waals surface area (Å²) in [4.78, 5) is 28.3. The number of carbonyl (C=O) groups is 2. The number of aromatic nitrogens is 3. The standard InChI is InChI=1S/C19H17F2N5O4/c1-9-12(10(2)26-18(24-9)13(8-23-26)17(22)28)4-6-16(27)25-11-3-5-14-15(7-11)30-19(20,21)29-14/h3,5,7-8H,4,6H2,1-2H3,(H2,22,28)(H,25,27). The monoisotopic (exact) mass is 417 g/mol. The molecule has 0 spiro atoms. The van der Waals surface area contributed by atoms with Crippen LogP contribution in [0.3, 0.4) is 0 Å². The van der Waals surface area contributed by atoms with Crippen molar-refractivity contribution >= 4 is 23.1 Å². The Labute approximate surface area is 168 Å². The lowest BCUT2D eigenvalue weighted by Crippen LogP contribution is -2.25. The molecule has 156 valence electrons. The van der Waals surface area contributed by atoms with Crippen LogP contribution in [0.1, 0.15) is 33.7 Å². The fraction of sp³-hybridized carbons (Fsp3) is 0.263. The van der Waals surface area contributed by atoms with E-state index < -0.39 is 12.2 Å². The lowest BCUT2D eigenvalue weighted by Gasteiger charge is -2.11. The number of aryl methyl sites for hydroxylation is 2. The van der Waals surface area contributed by atoms with Gasteiger partial charge in [0.2, 0.25) is 5.91 Å². The predicted octanol–water partition coefficient (Wildman–Crippen LogP) is 2.34. The summed E-state index contributed by atoms with van der Waals surface area (Å²) < 4.78 is 36.4. The van der Waals surface area contributed by atoms with Gasteiger partial charge in [-0.1, -0.05) is 0 Å². The zero-order valence-corrected chi connectivity index (χ0v) is 16.0. The highest BCUT2D eigenvalue weighted by Gasteiger charge is 2.43. The minimum Gasteiger partial charge on any atom is -0.395 e. The van der Waals surface area contributed by atoms with Gasteiger partial charge in [-0.25, -0.2) is 9.50 Å². The highest BCUT2D eigenvalue weighted by atomic mass is 19.3. The van der Waals surface area contributed by atoms with E-state index in [1.165, 1.54) is 28.9 Å². The number of anilines is 1. The highest BCUT2D eigenvalue weighted by molar-refractivity contribution is 5.98. The number of ether oxygens (including phenoxy) is 2. The Morgan fingerprint density at radius 3 is 2.70 bits per heavy atom. The first-order valence-electron chi connectivity index (χ1n) is 8.98. The van der Waals surface area contributed by atoms with Crippen molar-refractivity contribution in [2.45, 2.75) is 33.0 Å². The third-order valence-corrected chi connectivity index (χ3v) is 4.76. The van der Waals surface area contributed by atoms with Crippen molar-refractivity contribution in [2.24, 2.45) is 5.73 Å².